The molecule has 2 atom stereocenters. The van der Waals surface area contributed by atoms with Crippen LogP contribution < -0.4 is 16.0 Å². The van der Waals surface area contributed by atoms with Gasteiger partial charge in [-0.05, 0) is 73.4 Å². The second-order valence-corrected chi connectivity index (χ2v) is 13.8. The summed E-state index contributed by atoms with van der Waals surface area (Å²) in [4.78, 5) is 57.4. The highest BCUT2D eigenvalue weighted by atomic mass is 16.5. The summed E-state index contributed by atoms with van der Waals surface area (Å²) in [6.07, 6.45) is 4.99. The van der Waals surface area contributed by atoms with E-state index in [1.807, 2.05) is 93.6 Å². The number of amides is 3. The fourth-order valence-electron chi connectivity index (χ4n) is 5.48. The lowest BCUT2D eigenvalue weighted by atomic mass is 9.91. The summed E-state index contributed by atoms with van der Waals surface area (Å²) in [6, 6.07) is 21.8. The van der Waals surface area contributed by atoms with Crippen molar-refractivity contribution >= 4 is 40.3 Å². The Hall–Kier alpha value is -4.99. The number of nitrogens with one attached hydrogen (secondary N) is 3. The molecule has 48 heavy (non-hydrogen) atoms. The van der Waals surface area contributed by atoms with E-state index in [2.05, 4.69) is 20.9 Å². The number of anilines is 1. The van der Waals surface area contributed by atoms with Crippen LogP contribution in [0.15, 0.2) is 85.3 Å². The molecule has 0 radical (unpaired) electrons. The standard InChI is InChI=1S/C38H47N5O5/c1-7-48-35(46)33(29-21-20-27-17-11-12-18-28(27)22-29)43-24-31(39-25-43)41-34(45)30(19-13-16-26-14-9-8-10-15-26)40-36(47)38(5,6)42-32(44)23-37(2,3)4/h8-12,14-15,17-18,20-22,24-25,30,33H,7,13,16,19,23H2,1-6H3,(H,40,47)(H,41,45)(H,42,44). The number of hydrogen-bond donors (Lipinski definition) is 3. The molecule has 10 nitrogen and oxygen atoms in total. The van der Waals surface area contributed by atoms with E-state index in [0.29, 0.717) is 24.8 Å². The van der Waals surface area contributed by atoms with Gasteiger partial charge in [0, 0.05) is 12.6 Å². The summed E-state index contributed by atoms with van der Waals surface area (Å²) in [5.74, 6) is -1.42. The first kappa shape index (κ1) is 35.9. The number of ether oxygens (including phenoxy) is 1. The lowest BCUT2D eigenvalue weighted by Gasteiger charge is -2.29. The van der Waals surface area contributed by atoms with E-state index < -0.39 is 35.4 Å². The topological polar surface area (TPSA) is 131 Å². The molecular formula is C38H47N5O5. The lowest BCUT2D eigenvalue weighted by Crippen LogP contribution is -2.58. The maximum absolute atomic E-state index is 13.7. The minimum absolute atomic E-state index is 0.207. The van der Waals surface area contributed by atoms with Crippen molar-refractivity contribution in [2.75, 3.05) is 11.9 Å². The van der Waals surface area contributed by atoms with Crippen LogP contribution >= 0.6 is 0 Å². The average molecular weight is 654 g/mol. The smallest absolute Gasteiger partial charge is 0.333 e. The van der Waals surface area contributed by atoms with Crippen LogP contribution in [0.5, 0.6) is 0 Å². The number of fused-ring (bicyclic) bond motifs is 1. The van der Waals surface area contributed by atoms with Gasteiger partial charge in [0.05, 0.1) is 12.9 Å². The zero-order valence-corrected chi connectivity index (χ0v) is 28.7. The van der Waals surface area contributed by atoms with Gasteiger partial charge in [-0.15, -0.1) is 0 Å². The summed E-state index contributed by atoms with van der Waals surface area (Å²) in [6.45, 7) is 11.0. The van der Waals surface area contributed by atoms with Crippen molar-refractivity contribution in [1.82, 2.24) is 20.2 Å². The highest BCUT2D eigenvalue weighted by molar-refractivity contribution is 5.99. The molecular weight excluding hydrogens is 606 g/mol. The average Bonchev–Trinajstić information content (AvgIpc) is 3.47. The second-order valence-electron chi connectivity index (χ2n) is 13.8. The van der Waals surface area contributed by atoms with Gasteiger partial charge in [0.2, 0.25) is 17.7 Å². The maximum Gasteiger partial charge on any atom is 0.333 e. The van der Waals surface area contributed by atoms with Crippen molar-refractivity contribution in [2.45, 2.75) is 84.8 Å². The molecule has 3 aromatic carbocycles. The Bertz CT molecular complexity index is 1720. The van der Waals surface area contributed by atoms with Gasteiger partial charge in [-0.1, -0.05) is 87.5 Å². The SMILES string of the molecule is CCOC(=O)C(c1ccc2ccccc2c1)n1cnc(NC(=O)C(CCCc2ccccc2)NC(=O)C(C)(C)NC(=O)CC(C)(C)C)c1. The Morgan fingerprint density at radius 2 is 1.58 bits per heavy atom. The van der Waals surface area contributed by atoms with Crippen LogP contribution in [0.4, 0.5) is 5.82 Å². The van der Waals surface area contributed by atoms with E-state index in [1.54, 1.807) is 31.5 Å². The van der Waals surface area contributed by atoms with Gasteiger partial charge in [0.25, 0.3) is 0 Å². The molecule has 0 fully saturated rings. The number of nitrogens with zero attached hydrogens (tertiary/aromatic N) is 2. The summed E-state index contributed by atoms with van der Waals surface area (Å²) < 4.78 is 7.02. The highest BCUT2D eigenvalue weighted by Crippen LogP contribution is 2.26. The first-order chi connectivity index (χ1) is 22.8. The third-order valence-electron chi connectivity index (χ3n) is 7.88. The van der Waals surface area contributed by atoms with E-state index in [0.717, 1.165) is 16.3 Å². The molecule has 0 aliphatic carbocycles. The summed E-state index contributed by atoms with van der Waals surface area (Å²) >= 11 is 0. The molecule has 1 heterocycles. The first-order valence-corrected chi connectivity index (χ1v) is 16.4. The lowest BCUT2D eigenvalue weighted by molar-refractivity contribution is -0.145. The largest absolute Gasteiger partial charge is 0.464 e. The molecule has 0 saturated carbocycles. The van der Waals surface area contributed by atoms with Crippen LogP contribution in [0, 0.1) is 5.41 Å². The Morgan fingerprint density at radius 1 is 0.896 bits per heavy atom. The van der Waals surface area contributed by atoms with Gasteiger partial charge >= 0.3 is 5.97 Å². The minimum Gasteiger partial charge on any atom is -0.464 e. The van der Waals surface area contributed by atoms with E-state index in [1.165, 1.54) is 6.33 Å². The molecule has 0 saturated heterocycles. The van der Waals surface area contributed by atoms with Crippen LogP contribution in [0.2, 0.25) is 0 Å². The Kier molecular flexibility index (Phi) is 11.8. The molecule has 3 N–H and O–H groups in total. The van der Waals surface area contributed by atoms with Crippen molar-refractivity contribution in [1.29, 1.82) is 0 Å². The van der Waals surface area contributed by atoms with Gasteiger partial charge < -0.3 is 25.3 Å². The Balaban J connectivity index is 1.53. The minimum atomic E-state index is -1.26. The molecule has 2 unspecified atom stereocenters. The number of carbonyl (C=O) groups excluding carboxylic acids is 4. The normalized spacial score (nSPS) is 13.0. The van der Waals surface area contributed by atoms with Gasteiger partial charge in [0.1, 0.15) is 11.6 Å². The van der Waals surface area contributed by atoms with E-state index in [9.17, 15) is 19.2 Å². The molecule has 10 heteroatoms. The summed E-state index contributed by atoms with van der Waals surface area (Å²) in [7, 11) is 0. The third kappa shape index (κ3) is 10.0. The van der Waals surface area contributed by atoms with Crippen molar-refractivity contribution in [3.05, 3.63) is 96.4 Å². The van der Waals surface area contributed by atoms with Gasteiger partial charge in [-0.25, -0.2) is 9.78 Å². The molecule has 0 aliphatic rings. The number of carbonyl (C=O) groups is 4. The molecule has 3 amide bonds. The van der Waals surface area contributed by atoms with Gasteiger partial charge in [-0.3, -0.25) is 14.4 Å². The molecule has 0 bridgehead atoms. The number of rotatable bonds is 14. The number of aromatic nitrogens is 2. The van der Waals surface area contributed by atoms with Crippen molar-refractivity contribution < 1.29 is 23.9 Å². The number of imidazole rings is 1. The quantitative estimate of drug-likeness (QED) is 0.144. The predicted molar refractivity (Wildman–Crippen MR) is 187 cm³/mol. The van der Waals surface area contributed by atoms with Gasteiger partial charge in [0.15, 0.2) is 11.9 Å². The van der Waals surface area contributed by atoms with Gasteiger partial charge in [-0.2, -0.15) is 0 Å². The molecule has 0 spiro atoms. The fraction of sp³-hybridized carbons (Fsp3) is 0.395. The van der Waals surface area contributed by atoms with Crippen molar-refractivity contribution in [2.24, 2.45) is 5.41 Å². The first-order valence-electron chi connectivity index (χ1n) is 16.4. The number of esters is 1. The second kappa shape index (κ2) is 15.7. The predicted octanol–water partition coefficient (Wildman–Crippen LogP) is 5.97. The highest BCUT2D eigenvalue weighted by Gasteiger charge is 2.34. The van der Waals surface area contributed by atoms with Crippen LogP contribution in [-0.4, -0.2) is 51.4 Å². The maximum atomic E-state index is 13.7. The zero-order valence-electron chi connectivity index (χ0n) is 28.7. The summed E-state index contributed by atoms with van der Waals surface area (Å²) in [5.41, 5.74) is 0.328. The van der Waals surface area contributed by atoms with Crippen LogP contribution in [0.1, 0.15) is 78.0 Å². The molecule has 4 aromatic rings. The zero-order chi connectivity index (χ0) is 34.9. The monoisotopic (exact) mass is 653 g/mol. The third-order valence-corrected chi connectivity index (χ3v) is 7.88. The Morgan fingerprint density at radius 3 is 2.27 bits per heavy atom. The van der Waals surface area contributed by atoms with Crippen LogP contribution in [-0.2, 0) is 30.3 Å². The van der Waals surface area contributed by atoms with Crippen LogP contribution in [0.25, 0.3) is 10.8 Å². The molecule has 0 aliphatic heterocycles. The Labute approximate surface area is 282 Å². The fourth-order valence-corrected chi connectivity index (χ4v) is 5.48. The molecule has 4 rings (SSSR count). The van der Waals surface area contributed by atoms with E-state index >= 15 is 0 Å². The number of hydrogen-bond acceptors (Lipinski definition) is 6. The van der Waals surface area contributed by atoms with Crippen molar-refractivity contribution in [3.63, 3.8) is 0 Å². The molecule has 254 valence electrons. The number of benzene rings is 3. The van der Waals surface area contributed by atoms with E-state index in [-0.39, 0.29) is 30.2 Å². The van der Waals surface area contributed by atoms with Crippen molar-refractivity contribution in [3.8, 4) is 0 Å². The number of aryl methyl sites for hydroxylation is 1. The van der Waals surface area contributed by atoms with Crippen LogP contribution in [0.3, 0.4) is 0 Å². The summed E-state index contributed by atoms with van der Waals surface area (Å²) in [5, 5.41) is 10.5. The van der Waals surface area contributed by atoms with E-state index in [4.69, 9.17) is 4.74 Å². The molecule has 1 aromatic heterocycles.